The average molecular weight is 397 g/mol. The van der Waals surface area contributed by atoms with E-state index in [1.54, 1.807) is 18.2 Å². The van der Waals surface area contributed by atoms with Crippen molar-refractivity contribution >= 4 is 39.4 Å². The van der Waals surface area contributed by atoms with Crippen LogP contribution in [0.3, 0.4) is 0 Å². The summed E-state index contributed by atoms with van der Waals surface area (Å²) in [6, 6.07) is 13.8. The maximum absolute atomic E-state index is 12.1. The molecule has 0 saturated heterocycles. The summed E-state index contributed by atoms with van der Waals surface area (Å²) in [5, 5.41) is 12.3. The molecule has 0 aromatic heterocycles. The summed E-state index contributed by atoms with van der Waals surface area (Å²) in [5.74, 6) is -1.12. The van der Waals surface area contributed by atoms with E-state index >= 15 is 0 Å². The predicted octanol–water partition coefficient (Wildman–Crippen LogP) is 3.66. The van der Waals surface area contributed by atoms with Gasteiger partial charge in [-0.2, -0.15) is 0 Å². The third kappa shape index (κ3) is 5.08. The van der Waals surface area contributed by atoms with Crippen molar-refractivity contribution in [1.82, 2.24) is 5.32 Å². The molecule has 0 aliphatic rings. The lowest BCUT2D eigenvalue weighted by Gasteiger charge is -2.12. The summed E-state index contributed by atoms with van der Waals surface area (Å²) in [5.41, 5.74) is 1.95. The third-order valence-electron chi connectivity index (χ3n) is 3.31. The van der Waals surface area contributed by atoms with Crippen LogP contribution in [0.15, 0.2) is 48.5 Å². The van der Waals surface area contributed by atoms with Gasteiger partial charge in [0.05, 0.1) is 10.4 Å². The first-order chi connectivity index (χ1) is 11.0. The molecule has 2 rings (SSSR count). The fraction of sp³-hybridized carbons (Fsp3) is 0.176. The lowest BCUT2D eigenvalue weighted by Crippen LogP contribution is -2.31. The molecule has 2 aromatic carbocycles. The molecule has 0 radical (unpaired) electrons. The molecule has 0 aliphatic carbocycles. The predicted molar refractivity (Wildman–Crippen MR) is 93.1 cm³/mol. The van der Waals surface area contributed by atoms with E-state index in [2.05, 4.69) is 21.2 Å². The minimum Gasteiger partial charge on any atom is -0.478 e. The molecular formula is C17H15BrClNO3. The largest absolute Gasteiger partial charge is 0.478 e. The highest BCUT2D eigenvalue weighted by Gasteiger charge is 2.16. The number of hydrogen-bond acceptors (Lipinski definition) is 2. The maximum atomic E-state index is 12.1. The number of carbonyl (C=O) groups is 2. The second kappa shape index (κ2) is 8.13. The highest BCUT2D eigenvalue weighted by molar-refractivity contribution is 9.10. The summed E-state index contributed by atoms with van der Waals surface area (Å²) >= 11 is 9.46. The molecule has 0 saturated carbocycles. The first kappa shape index (κ1) is 17.5. The highest BCUT2D eigenvalue weighted by Crippen LogP contribution is 2.19. The highest BCUT2D eigenvalue weighted by atomic mass is 79.9. The standard InChI is InChI=1S/C17H15BrClNO3/c18-14(9-13-3-1-2-4-15(13)19)16(21)20-10-11-5-7-12(8-6-11)17(22)23/h1-8,14H,9-10H2,(H,20,21)(H,22,23). The minimum absolute atomic E-state index is 0.146. The Bertz CT molecular complexity index is 703. The number of aromatic carboxylic acids is 1. The number of carboxylic acid groups (broad SMARTS) is 1. The average Bonchev–Trinajstić information content (AvgIpc) is 2.55. The monoisotopic (exact) mass is 395 g/mol. The Labute approximate surface area is 147 Å². The van der Waals surface area contributed by atoms with Crippen LogP contribution in [0.4, 0.5) is 0 Å². The number of amides is 1. The molecule has 0 aliphatic heterocycles. The van der Waals surface area contributed by atoms with E-state index < -0.39 is 5.97 Å². The Kier molecular flexibility index (Phi) is 6.19. The fourth-order valence-corrected chi connectivity index (χ4v) is 2.74. The Morgan fingerprint density at radius 1 is 1.13 bits per heavy atom. The molecule has 0 fully saturated rings. The quantitative estimate of drug-likeness (QED) is 0.732. The van der Waals surface area contributed by atoms with E-state index in [1.165, 1.54) is 12.1 Å². The van der Waals surface area contributed by atoms with Crippen LogP contribution >= 0.6 is 27.5 Å². The summed E-state index contributed by atoms with van der Waals surface area (Å²) in [4.78, 5) is 22.5. The number of carboxylic acids is 1. The number of alkyl halides is 1. The molecule has 0 bridgehead atoms. The van der Waals surface area contributed by atoms with Crippen LogP contribution in [-0.2, 0) is 17.8 Å². The van der Waals surface area contributed by atoms with Gasteiger partial charge in [-0.25, -0.2) is 4.79 Å². The molecule has 1 amide bonds. The number of benzene rings is 2. The molecule has 2 N–H and O–H groups in total. The molecule has 6 heteroatoms. The normalized spacial score (nSPS) is 11.7. The van der Waals surface area contributed by atoms with Crippen LogP contribution in [0.25, 0.3) is 0 Å². The van der Waals surface area contributed by atoms with Gasteiger partial charge in [-0.05, 0) is 35.7 Å². The van der Waals surface area contributed by atoms with Crippen molar-refractivity contribution in [1.29, 1.82) is 0 Å². The van der Waals surface area contributed by atoms with Crippen molar-refractivity contribution in [3.63, 3.8) is 0 Å². The number of carbonyl (C=O) groups excluding carboxylic acids is 1. The molecule has 23 heavy (non-hydrogen) atoms. The minimum atomic E-state index is -0.971. The Hall–Kier alpha value is -1.85. The van der Waals surface area contributed by atoms with E-state index in [9.17, 15) is 9.59 Å². The second-order valence-corrected chi connectivity index (χ2v) is 6.50. The zero-order chi connectivity index (χ0) is 16.8. The number of hydrogen-bond donors (Lipinski definition) is 2. The van der Waals surface area contributed by atoms with Gasteiger partial charge in [0.25, 0.3) is 0 Å². The van der Waals surface area contributed by atoms with Gasteiger partial charge in [-0.1, -0.05) is 57.9 Å². The zero-order valence-electron chi connectivity index (χ0n) is 12.1. The first-order valence-corrected chi connectivity index (χ1v) is 8.24. The van der Waals surface area contributed by atoms with Gasteiger partial charge in [0.1, 0.15) is 0 Å². The summed E-state index contributed by atoms with van der Waals surface area (Å²) in [7, 11) is 0. The number of nitrogens with one attached hydrogen (secondary N) is 1. The lowest BCUT2D eigenvalue weighted by molar-refractivity contribution is -0.120. The van der Waals surface area contributed by atoms with Crippen LogP contribution < -0.4 is 5.32 Å². The number of halogens is 2. The van der Waals surface area contributed by atoms with Gasteiger partial charge in [-0.3, -0.25) is 4.79 Å². The van der Waals surface area contributed by atoms with Gasteiger partial charge in [0.15, 0.2) is 0 Å². The van der Waals surface area contributed by atoms with Crippen LogP contribution in [0.5, 0.6) is 0 Å². The van der Waals surface area contributed by atoms with Crippen molar-refractivity contribution in [2.75, 3.05) is 0 Å². The fourth-order valence-electron chi connectivity index (χ4n) is 2.01. The Balaban J connectivity index is 1.89. The summed E-state index contributed by atoms with van der Waals surface area (Å²) in [6.07, 6.45) is 0.490. The summed E-state index contributed by atoms with van der Waals surface area (Å²) < 4.78 is 0. The molecule has 1 unspecified atom stereocenters. The van der Waals surface area contributed by atoms with E-state index in [0.29, 0.717) is 18.0 Å². The maximum Gasteiger partial charge on any atom is 0.335 e. The molecule has 0 heterocycles. The van der Waals surface area contributed by atoms with Crippen LogP contribution in [-0.4, -0.2) is 21.8 Å². The van der Waals surface area contributed by atoms with Gasteiger partial charge in [-0.15, -0.1) is 0 Å². The topological polar surface area (TPSA) is 66.4 Å². The van der Waals surface area contributed by atoms with Crippen molar-refractivity contribution in [3.05, 3.63) is 70.2 Å². The van der Waals surface area contributed by atoms with Gasteiger partial charge in [0, 0.05) is 11.6 Å². The van der Waals surface area contributed by atoms with Crippen molar-refractivity contribution in [2.45, 2.75) is 17.8 Å². The van der Waals surface area contributed by atoms with Crippen LogP contribution in [0.1, 0.15) is 21.5 Å². The Morgan fingerprint density at radius 3 is 2.39 bits per heavy atom. The molecule has 4 nitrogen and oxygen atoms in total. The molecule has 1 atom stereocenters. The molecule has 0 spiro atoms. The van der Waals surface area contributed by atoms with Gasteiger partial charge < -0.3 is 10.4 Å². The lowest BCUT2D eigenvalue weighted by atomic mass is 10.1. The van der Waals surface area contributed by atoms with E-state index in [4.69, 9.17) is 16.7 Å². The molecule has 120 valence electrons. The van der Waals surface area contributed by atoms with Crippen LogP contribution in [0.2, 0.25) is 5.02 Å². The van der Waals surface area contributed by atoms with Crippen molar-refractivity contribution in [2.24, 2.45) is 0 Å². The van der Waals surface area contributed by atoms with Crippen molar-refractivity contribution in [3.8, 4) is 0 Å². The van der Waals surface area contributed by atoms with Gasteiger partial charge >= 0.3 is 5.97 Å². The smallest absolute Gasteiger partial charge is 0.335 e. The van der Waals surface area contributed by atoms with E-state index in [0.717, 1.165) is 11.1 Å². The third-order valence-corrected chi connectivity index (χ3v) is 4.42. The Morgan fingerprint density at radius 2 is 1.78 bits per heavy atom. The van der Waals surface area contributed by atoms with Crippen molar-refractivity contribution < 1.29 is 14.7 Å². The SMILES string of the molecule is O=C(O)c1ccc(CNC(=O)C(Br)Cc2ccccc2Cl)cc1. The molecule has 2 aromatic rings. The van der Waals surface area contributed by atoms with Gasteiger partial charge in [0.2, 0.25) is 5.91 Å². The zero-order valence-corrected chi connectivity index (χ0v) is 14.5. The van der Waals surface area contributed by atoms with Crippen LogP contribution in [0, 0.1) is 0 Å². The number of rotatable bonds is 6. The first-order valence-electron chi connectivity index (χ1n) is 6.95. The van der Waals surface area contributed by atoms with E-state index in [1.807, 2.05) is 18.2 Å². The second-order valence-electron chi connectivity index (χ2n) is 4.98. The molecular weight excluding hydrogens is 382 g/mol. The summed E-state index contributed by atoms with van der Waals surface area (Å²) in [6.45, 7) is 0.337. The van der Waals surface area contributed by atoms with E-state index in [-0.39, 0.29) is 16.3 Å².